The van der Waals surface area contributed by atoms with E-state index in [4.69, 9.17) is 10.5 Å². The first-order valence-corrected chi connectivity index (χ1v) is 5.46. The SMILES string of the molecule is CC1COCCN1C(=O)N(C)CCCN. The Balaban J connectivity index is 2.43. The molecule has 0 aromatic rings. The van der Waals surface area contributed by atoms with Crippen molar-refractivity contribution >= 4 is 6.03 Å². The molecule has 88 valence electrons. The molecule has 0 aromatic carbocycles. The summed E-state index contributed by atoms with van der Waals surface area (Å²) in [6.45, 7) is 5.31. The molecule has 5 nitrogen and oxygen atoms in total. The van der Waals surface area contributed by atoms with Crippen LogP contribution in [0.4, 0.5) is 4.79 Å². The average Bonchev–Trinajstić information content (AvgIpc) is 2.25. The molecular formula is C10H21N3O2. The number of carbonyl (C=O) groups excluding carboxylic acids is 1. The molecule has 0 bridgehead atoms. The topological polar surface area (TPSA) is 58.8 Å². The van der Waals surface area contributed by atoms with Crippen LogP contribution in [-0.4, -0.2) is 61.8 Å². The summed E-state index contributed by atoms with van der Waals surface area (Å²) in [6, 6.07) is 0.255. The van der Waals surface area contributed by atoms with E-state index in [0.717, 1.165) is 13.0 Å². The molecule has 0 aliphatic carbocycles. The largest absolute Gasteiger partial charge is 0.377 e. The zero-order valence-corrected chi connectivity index (χ0v) is 9.61. The van der Waals surface area contributed by atoms with Gasteiger partial charge in [0.1, 0.15) is 0 Å². The lowest BCUT2D eigenvalue weighted by molar-refractivity contribution is 0.0119. The van der Waals surface area contributed by atoms with E-state index in [1.807, 2.05) is 18.9 Å². The molecular weight excluding hydrogens is 194 g/mol. The molecule has 1 aliphatic rings. The standard InChI is InChI=1S/C10H21N3O2/c1-9-8-15-7-6-13(9)10(14)12(2)5-3-4-11/h9H,3-8,11H2,1-2H3. The summed E-state index contributed by atoms with van der Waals surface area (Å²) in [5.41, 5.74) is 5.41. The molecule has 1 fully saturated rings. The third-order valence-corrected chi connectivity index (χ3v) is 2.64. The van der Waals surface area contributed by atoms with Gasteiger partial charge in [-0.3, -0.25) is 0 Å². The molecule has 1 heterocycles. The minimum atomic E-state index is 0.0826. The van der Waals surface area contributed by atoms with Crippen molar-refractivity contribution in [2.45, 2.75) is 19.4 Å². The number of rotatable bonds is 3. The second kappa shape index (κ2) is 5.92. The van der Waals surface area contributed by atoms with Crippen molar-refractivity contribution in [2.24, 2.45) is 5.73 Å². The Morgan fingerprint density at radius 2 is 2.40 bits per heavy atom. The van der Waals surface area contributed by atoms with Gasteiger partial charge in [-0.2, -0.15) is 0 Å². The van der Waals surface area contributed by atoms with Gasteiger partial charge in [-0.05, 0) is 19.9 Å². The summed E-state index contributed by atoms with van der Waals surface area (Å²) in [7, 11) is 1.82. The van der Waals surface area contributed by atoms with Gasteiger partial charge in [0.25, 0.3) is 0 Å². The number of morpholine rings is 1. The molecule has 1 unspecified atom stereocenters. The van der Waals surface area contributed by atoms with Crippen molar-refractivity contribution in [2.75, 3.05) is 39.9 Å². The fourth-order valence-corrected chi connectivity index (χ4v) is 1.65. The molecule has 15 heavy (non-hydrogen) atoms. The van der Waals surface area contributed by atoms with E-state index in [9.17, 15) is 4.79 Å². The first kappa shape index (κ1) is 12.3. The van der Waals surface area contributed by atoms with Crippen LogP contribution < -0.4 is 5.73 Å². The molecule has 2 N–H and O–H groups in total. The number of urea groups is 1. The highest BCUT2D eigenvalue weighted by Gasteiger charge is 2.25. The Hall–Kier alpha value is -0.810. The Labute approximate surface area is 91.2 Å². The lowest BCUT2D eigenvalue weighted by atomic mass is 10.2. The molecule has 1 aliphatic heterocycles. The fraction of sp³-hybridized carbons (Fsp3) is 0.900. The second-order valence-corrected chi connectivity index (χ2v) is 3.96. The summed E-state index contributed by atoms with van der Waals surface area (Å²) in [4.78, 5) is 15.6. The van der Waals surface area contributed by atoms with E-state index in [2.05, 4.69) is 0 Å². The third-order valence-electron chi connectivity index (χ3n) is 2.64. The Bertz CT molecular complexity index is 211. The zero-order chi connectivity index (χ0) is 11.3. The number of nitrogens with zero attached hydrogens (tertiary/aromatic N) is 2. The van der Waals surface area contributed by atoms with Gasteiger partial charge in [0, 0.05) is 20.1 Å². The Morgan fingerprint density at radius 1 is 1.67 bits per heavy atom. The van der Waals surface area contributed by atoms with Crippen LogP contribution >= 0.6 is 0 Å². The Kier molecular flexibility index (Phi) is 4.84. The van der Waals surface area contributed by atoms with Gasteiger partial charge < -0.3 is 20.3 Å². The average molecular weight is 215 g/mol. The highest BCUT2D eigenvalue weighted by atomic mass is 16.5. The van der Waals surface area contributed by atoms with Crippen LogP contribution in [-0.2, 0) is 4.74 Å². The highest BCUT2D eigenvalue weighted by molar-refractivity contribution is 5.74. The summed E-state index contributed by atoms with van der Waals surface area (Å²) in [5.74, 6) is 0. The minimum Gasteiger partial charge on any atom is -0.377 e. The quantitative estimate of drug-likeness (QED) is 0.727. The smallest absolute Gasteiger partial charge is 0.320 e. The van der Waals surface area contributed by atoms with E-state index >= 15 is 0 Å². The predicted octanol–water partition coefficient (Wildman–Crippen LogP) is 0.108. The fourth-order valence-electron chi connectivity index (χ4n) is 1.65. The van der Waals surface area contributed by atoms with E-state index < -0.39 is 0 Å². The molecule has 0 aromatic heterocycles. The first-order valence-electron chi connectivity index (χ1n) is 5.46. The van der Waals surface area contributed by atoms with Gasteiger partial charge in [-0.25, -0.2) is 4.79 Å². The number of amides is 2. The normalized spacial score (nSPS) is 21.5. The van der Waals surface area contributed by atoms with Crippen LogP contribution in [0.15, 0.2) is 0 Å². The maximum atomic E-state index is 12.0. The van der Waals surface area contributed by atoms with Gasteiger partial charge in [0.2, 0.25) is 0 Å². The molecule has 0 radical (unpaired) electrons. The molecule has 2 amide bonds. The van der Waals surface area contributed by atoms with Crippen LogP contribution in [0.25, 0.3) is 0 Å². The minimum absolute atomic E-state index is 0.0826. The van der Waals surface area contributed by atoms with E-state index in [0.29, 0.717) is 26.3 Å². The van der Waals surface area contributed by atoms with Crippen molar-refractivity contribution in [1.82, 2.24) is 9.80 Å². The van der Waals surface area contributed by atoms with Crippen molar-refractivity contribution in [3.63, 3.8) is 0 Å². The van der Waals surface area contributed by atoms with E-state index in [1.165, 1.54) is 0 Å². The van der Waals surface area contributed by atoms with Gasteiger partial charge in [0.15, 0.2) is 0 Å². The molecule has 0 saturated carbocycles. The lowest BCUT2D eigenvalue weighted by Gasteiger charge is -2.36. The zero-order valence-electron chi connectivity index (χ0n) is 9.61. The van der Waals surface area contributed by atoms with Crippen LogP contribution in [0, 0.1) is 0 Å². The van der Waals surface area contributed by atoms with Gasteiger partial charge in [-0.15, -0.1) is 0 Å². The lowest BCUT2D eigenvalue weighted by Crippen LogP contribution is -2.51. The van der Waals surface area contributed by atoms with E-state index in [-0.39, 0.29) is 12.1 Å². The summed E-state index contributed by atoms with van der Waals surface area (Å²) in [5, 5.41) is 0. The monoisotopic (exact) mass is 215 g/mol. The van der Waals surface area contributed by atoms with Crippen LogP contribution in [0.5, 0.6) is 0 Å². The maximum Gasteiger partial charge on any atom is 0.320 e. The van der Waals surface area contributed by atoms with Crippen molar-refractivity contribution in [3.8, 4) is 0 Å². The van der Waals surface area contributed by atoms with Gasteiger partial charge in [-0.1, -0.05) is 0 Å². The molecule has 1 atom stereocenters. The summed E-state index contributed by atoms with van der Waals surface area (Å²) >= 11 is 0. The second-order valence-electron chi connectivity index (χ2n) is 3.96. The number of hydrogen-bond acceptors (Lipinski definition) is 3. The Morgan fingerprint density at radius 3 is 3.00 bits per heavy atom. The molecule has 0 spiro atoms. The summed E-state index contributed by atoms with van der Waals surface area (Å²) in [6.07, 6.45) is 0.848. The third kappa shape index (κ3) is 3.35. The van der Waals surface area contributed by atoms with E-state index in [1.54, 1.807) is 4.90 Å². The van der Waals surface area contributed by atoms with Gasteiger partial charge >= 0.3 is 6.03 Å². The number of ether oxygens (including phenoxy) is 1. The molecule has 5 heteroatoms. The highest BCUT2D eigenvalue weighted by Crippen LogP contribution is 2.08. The van der Waals surface area contributed by atoms with Crippen molar-refractivity contribution < 1.29 is 9.53 Å². The van der Waals surface area contributed by atoms with Crippen molar-refractivity contribution in [3.05, 3.63) is 0 Å². The predicted molar refractivity (Wildman–Crippen MR) is 58.7 cm³/mol. The van der Waals surface area contributed by atoms with Crippen LogP contribution in [0.1, 0.15) is 13.3 Å². The molecule has 1 saturated heterocycles. The first-order chi connectivity index (χ1) is 7.16. The number of carbonyl (C=O) groups is 1. The maximum absolute atomic E-state index is 12.0. The molecule has 1 rings (SSSR count). The van der Waals surface area contributed by atoms with Crippen LogP contribution in [0.3, 0.4) is 0 Å². The number of hydrogen-bond donors (Lipinski definition) is 1. The van der Waals surface area contributed by atoms with Crippen LogP contribution in [0.2, 0.25) is 0 Å². The summed E-state index contributed by atoms with van der Waals surface area (Å²) < 4.78 is 5.29. The van der Waals surface area contributed by atoms with Gasteiger partial charge in [0.05, 0.1) is 19.3 Å². The number of nitrogens with two attached hydrogens (primary N) is 1. The van der Waals surface area contributed by atoms with Crippen molar-refractivity contribution in [1.29, 1.82) is 0 Å².